The minimum Gasteiger partial charge on any atom is -0.395 e. The Bertz CT molecular complexity index is 131. The molecule has 0 radical (unpaired) electrons. The van der Waals surface area contributed by atoms with E-state index in [0.29, 0.717) is 6.42 Å². The van der Waals surface area contributed by atoms with Crippen LogP contribution in [0.25, 0.3) is 0 Å². The van der Waals surface area contributed by atoms with Crippen LogP contribution in [0.3, 0.4) is 0 Å². The molecule has 0 spiro atoms. The molecule has 4 nitrogen and oxygen atoms in total. The van der Waals surface area contributed by atoms with E-state index in [-0.39, 0.29) is 12.6 Å². The molecule has 66 valence electrons. The summed E-state index contributed by atoms with van der Waals surface area (Å²) in [7, 11) is 1.83. The number of aliphatic hydroxyl groups excluding tert-OH is 3. The molecule has 1 rings (SSSR count). The number of aliphatic hydroxyl groups is 3. The van der Waals surface area contributed by atoms with Crippen LogP contribution in [0.5, 0.6) is 0 Å². The summed E-state index contributed by atoms with van der Waals surface area (Å²) < 4.78 is 0. The van der Waals surface area contributed by atoms with E-state index in [1.165, 1.54) is 0 Å². The van der Waals surface area contributed by atoms with Gasteiger partial charge in [-0.05, 0) is 13.5 Å². The minimum absolute atomic E-state index is 0.102. The zero-order valence-corrected chi connectivity index (χ0v) is 6.64. The maximum absolute atomic E-state index is 9.36. The van der Waals surface area contributed by atoms with Gasteiger partial charge in [0, 0.05) is 6.54 Å². The Kier molecular flexibility index (Phi) is 2.84. The highest BCUT2D eigenvalue weighted by Crippen LogP contribution is 2.15. The molecule has 0 aliphatic carbocycles. The predicted molar refractivity (Wildman–Crippen MR) is 40.1 cm³/mol. The molecular weight excluding hydrogens is 146 g/mol. The summed E-state index contributed by atoms with van der Waals surface area (Å²) in [6, 6.07) is -0.307. The molecule has 2 unspecified atom stereocenters. The molecule has 1 aliphatic rings. The summed E-state index contributed by atoms with van der Waals surface area (Å²) in [5.74, 6) is 0. The fraction of sp³-hybridized carbons (Fsp3) is 1.00. The highest BCUT2D eigenvalue weighted by atomic mass is 16.3. The summed E-state index contributed by atoms with van der Waals surface area (Å²) in [5, 5.41) is 27.4. The van der Waals surface area contributed by atoms with Crippen molar-refractivity contribution in [1.29, 1.82) is 0 Å². The van der Waals surface area contributed by atoms with Gasteiger partial charge in [-0.3, -0.25) is 4.90 Å². The van der Waals surface area contributed by atoms with Gasteiger partial charge in [0.2, 0.25) is 0 Å². The van der Waals surface area contributed by atoms with Gasteiger partial charge < -0.3 is 15.3 Å². The topological polar surface area (TPSA) is 63.9 Å². The molecule has 0 bridgehead atoms. The van der Waals surface area contributed by atoms with Gasteiger partial charge in [-0.25, -0.2) is 0 Å². The van der Waals surface area contributed by atoms with Crippen molar-refractivity contribution < 1.29 is 15.3 Å². The maximum Gasteiger partial charge on any atom is 0.0976 e. The van der Waals surface area contributed by atoms with Crippen LogP contribution >= 0.6 is 0 Å². The second-order valence-electron chi connectivity index (χ2n) is 3.08. The van der Waals surface area contributed by atoms with Crippen molar-refractivity contribution in [3.05, 3.63) is 0 Å². The molecule has 0 aromatic rings. The lowest BCUT2D eigenvalue weighted by Crippen LogP contribution is -2.54. The zero-order valence-electron chi connectivity index (χ0n) is 6.64. The molecule has 0 amide bonds. The average Bonchev–Trinajstić information content (AvgIpc) is 1.99. The Morgan fingerprint density at radius 2 is 2.09 bits per heavy atom. The Morgan fingerprint density at radius 1 is 1.45 bits per heavy atom. The fourth-order valence-corrected chi connectivity index (χ4v) is 1.44. The highest BCUT2D eigenvalue weighted by molar-refractivity contribution is 4.87. The number of rotatable bonds is 1. The standard InChI is InChI=1S/C7H15NO3/c1-8-3-2-6(10)7(11)5(8)4-9/h5-7,9-11H,2-4H2,1H3/t5-,6?,7?/m0/s1. The van der Waals surface area contributed by atoms with Crippen LogP contribution in [0.1, 0.15) is 6.42 Å². The van der Waals surface area contributed by atoms with Crippen LogP contribution in [0, 0.1) is 0 Å². The normalized spacial score (nSPS) is 40.9. The summed E-state index contributed by atoms with van der Waals surface area (Å²) in [4.78, 5) is 1.86. The van der Waals surface area contributed by atoms with E-state index in [1.54, 1.807) is 0 Å². The van der Waals surface area contributed by atoms with E-state index in [0.717, 1.165) is 6.54 Å². The lowest BCUT2D eigenvalue weighted by Gasteiger charge is -2.38. The largest absolute Gasteiger partial charge is 0.395 e. The van der Waals surface area contributed by atoms with Gasteiger partial charge >= 0.3 is 0 Å². The predicted octanol–water partition coefficient (Wildman–Crippen LogP) is -1.60. The van der Waals surface area contributed by atoms with Crippen molar-refractivity contribution in [2.75, 3.05) is 20.2 Å². The summed E-state index contributed by atoms with van der Waals surface area (Å²) >= 11 is 0. The van der Waals surface area contributed by atoms with Crippen molar-refractivity contribution in [3.8, 4) is 0 Å². The molecule has 1 aliphatic heterocycles. The smallest absolute Gasteiger partial charge is 0.0976 e. The van der Waals surface area contributed by atoms with E-state index in [9.17, 15) is 10.2 Å². The number of hydrogen-bond acceptors (Lipinski definition) is 4. The molecular formula is C7H15NO3. The third-order valence-corrected chi connectivity index (χ3v) is 2.32. The minimum atomic E-state index is -0.807. The average molecular weight is 161 g/mol. The second-order valence-corrected chi connectivity index (χ2v) is 3.08. The van der Waals surface area contributed by atoms with Gasteiger partial charge in [0.25, 0.3) is 0 Å². The molecule has 0 aromatic heterocycles. The first-order chi connectivity index (χ1) is 5.16. The first-order valence-electron chi connectivity index (χ1n) is 3.84. The van der Waals surface area contributed by atoms with E-state index < -0.39 is 12.2 Å². The maximum atomic E-state index is 9.36. The SMILES string of the molecule is CN1CCC(O)C(O)[C@@H]1CO. The molecule has 3 N–H and O–H groups in total. The van der Waals surface area contributed by atoms with E-state index in [1.807, 2.05) is 11.9 Å². The summed E-state index contributed by atoms with van der Waals surface area (Å²) in [6.45, 7) is 0.623. The van der Waals surface area contributed by atoms with Crippen LogP contribution in [0.4, 0.5) is 0 Å². The van der Waals surface area contributed by atoms with Gasteiger partial charge in [0.1, 0.15) is 0 Å². The van der Waals surface area contributed by atoms with Gasteiger partial charge in [-0.2, -0.15) is 0 Å². The summed E-state index contributed by atoms with van der Waals surface area (Å²) in [5.41, 5.74) is 0. The van der Waals surface area contributed by atoms with Crippen LogP contribution in [-0.2, 0) is 0 Å². The van der Waals surface area contributed by atoms with Crippen molar-refractivity contribution in [3.63, 3.8) is 0 Å². The quantitative estimate of drug-likeness (QED) is 0.433. The summed E-state index contributed by atoms with van der Waals surface area (Å²) in [6.07, 6.45) is -0.907. The molecule has 1 saturated heterocycles. The molecule has 0 aromatic carbocycles. The molecule has 3 atom stereocenters. The van der Waals surface area contributed by atoms with E-state index >= 15 is 0 Å². The monoisotopic (exact) mass is 161 g/mol. The Hall–Kier alpha value is -0.160. The van der Waals surface area contributed by atoms with Gasteiger partial charge in [-0.15, -0.1) is 0 Å². The molecule has 11 heavy (non-hydrogen) atoms. The van der Waals surface area contributed by atoms with Crippen LogP contribution in [0.15, 0.2) is 0 Å². The zero-order chi connectivity index (χ0) is 8.43. The van der Waals surface area contributed by atoms with Crippen LogP contribution in [-0.4, -0.2) is 58.7 Å². The number of likely N-dealkylation sites (tertiary alicyclic amines) is 1. The second kappa shape index (κ2) is 3.49. The van der Waals surface area contributed by atoms with E-state index in [4.69, 9.17) is 5.11 Å². The lowest BCUT2D eigenvalue weighted by atomic mass is 9.97. The van der Waals surface area contributed by atoms with Gasteiger partial charge in [0.05, 0.1) is 24.9 Å². The third kappa shape index (κ3) is 1.70. The molecule has 0 saturated carbocycles. The first kappa shape index (κ1) is 8.93. The number of piperidine rings is 1. The van der Waals surface area contributed by atoms with Crippen LogP contribution < -0.4 is 0 Å². The fourth-order valence-electron chi connectivity index (χ4n) is 1.44. The molecule has 1 fully saturated rings. The van der Waals surface area contributed by atoms with Crippen molar-refractivity contribution >= 4 is 0 Å². The Morgan fingerprint density at radius 3 is 2.55 bits per heavy atom. The Balaban J connectivity index is 2.55. The first-order valence-corrected chi connectivity index (χ1v) is 3.84. The van der Waals surface area contributed by atoms with Gasteiger partial charge in [0.15, 0.2) is 0 Å². The van der Waals surface area contributed by atoms with Crippen molar-refractivity contribution in [2.24, 2.45) is 0 Å². The highest BCUT2D eigenvalue weighted by Gasteiger charge is 2.33. The lowest BCUT2D eigenvalue weighted by molar-refractivity contribution is -0.0818. The Labute approximate surface area is 66.1 Å². The van der Waals surface area contributed by atoms with Crippen LogP contribution in [0.2, 0.25) is 0 Å². The number of hydrogen-bond donors (Lipinski definition) is 3. The number of nitrogens with zero attached hydrogens (tertiary/aromatic N) is 1. The van der Waals surface area contributed by atoms with Crippen molar-refractivity contribution in [2.45, 2.75) is 24.7 Å². The number of likely N-dealkylation sites (N-methyl/N-ethyl adjacent to an activating group) is 1. The van der Waals surface area contributed by atoms with Crippen molar-refractivity contribution in [1.82, 2.24) is 4.90 Å². The van der Waals surface area contributed by atoms with E-state index in [2.05, 4.69) is 0 Å². The van der Waals surface area contributed by atoms with Gasteiger partial charge in [-0.1, -0.05) is 0 Å². The third-order valence-electron chi connectivity index (χ3n) is 2.32. The molecule has 4 heteroatoms. The molecule has 1 heterocycles.